The summed E-state index contributed by atoms with van der Waals surface area (Å²) in [6.45, 7) is 2.86. The Morgan fingerprint density at radius 2 is 1.76 bits per heavy atom. The predicted molar refractivity (Wildman–Crippen MR) is 128 cm³/mol. The van der Waals surface area contributed by atoms with Gasteiger partial charge in [0.1, 0.15) is 30.0 Å². The van der Waals surface area contributed by atoms with Crippen molar-refractivity contribution in [2.24, 2.45) is 0 Å². The molecule has 0 bridgehead atoms. The van der Waals surface area contributed by atoms with Crippen LogP contribution in [-0.4, -0.2) is 42.4 Å². The fourth-order valence-electron chi connectivity index (χ4n) is 4.67. The summed E-state index contributed by atoms with van der Waals surface area (Å²) in [5, 5.41) is 12.1. The summed E-state index contributed by atoms with van der Waals surface area (Å²) >= 11 is 0. The van der Waals surface area contributed by atoms with Gasteiger partial charge in [0.25, 0.3) is 0 Å². The van der Waals surface area contributed by atoms with Gasteiger partial charge in [-0.05, 0) is 79.9 Å². The lowest BCUT2D eigenvalue weighted by Gasteiger charge is -2.33. The van der Waals surface area contributed by atoms with Crippen LogP contribution in [0.5, 0.6) is 5.75 Å². The first kappa shape index (κ1) is 21.7. The van der Waals surface area contributed by atoms with Crippen LogP contribution in [0.3, 0.4) is 0 Å². The van der Waals surface area contributed by atoms with Gasteiger partial charge in [-0.2, -0.15) is 0 Å². The molecule has 1 aliphatic rings. The number of rotatable bonds is 7. The molecule has 1 N–H and O–H groups in total. The van der Waals surface area contributed by atoms with Crippen molar-refractivity contribution in [2.45, 2.75) is 24.9 Å². The minimum atomic E-state index is -0.540. The van der Waals surface area contributed by atoms with Gasteiger partial charge < -0.3 is 19.2 Å². The van der Waals surface area contributed by atoms with Gasteiger partial charge in [-0.15, -0.1) is 0 Å². The number of likely N-dealkylation sites (tertiary alicyclic amines) is 1. The highest BCUT2D eigenvalue weighted by atomic mass is 19.1. The third kappa shape index (κ3) is 5.10. The molecule has 0 unspecified atom stereocenters. The SMILES string of the molecule is O[C@@H](COc1ccc(-c2occ3cc(F)ccc23)cc1)CN1CCC(c2ccccc2)CC1. The highest BCUT2D eigenvalue weighted by Crippen LogP contribution is 2.32. The molecule has 5 rings (SSSR count). The van der Waals surface area contributed by atoms with Gasteiger partial charge in [0.05, 0.1) is 6.26 Å². The van der Waals surface area contributed by atoms with Gasteiger partial charge >= 0.3 is 0 Å². The highest BCUT2D eigenvalue weighted by Gasteiger charge is 2.22. The summed E-state index contributed by atoms with van der Waals surface area (Å²) in [6.07, 6.45) is 3.26. The van der Waals surface area contributed by atoms with Gasteiger partial charge in [0, 0.05) is 22.9 Å². The maximum absolute atomic E-state index is 13.4. The van der Waals surface area contributed by atoms with Crippen LogP contribution in [0.2, 0.25) is 0 Å². The maximum Gasteiger partial charge on any atom is 0.141 e. The molecule has 5 heteroatoms. The smallest absolute Gasteiger partial charge is 0.141 e. The van der Waals surface area contributed by atoms with E-state index < -0.39 is 6.10 Å². The Hall–Kier alpha value is -3.15. The average molecular weight is 446 g/mol. The van der Waals surface area contributed by atoms with Crippen LogP contribution in [0, 0.1) is 5.82 Å². The molecule has 3 aromatic carbocycles. The Morgan fingerprint density at radius 1 is 1.00 bits per heavy atom. The molecule has 0 amide bonds. The second-order valence-electron chi connectivity index (χ2n) is 8.77. The van der Waals surface area contributed by atoms with Crippen LogP contribution in [-0.2, 0) is 0 Å². The molecule has 33 heavy (non-hydrogen) atoms. The highest BCUT2D eigenvalue weighted by molar-refractivity contribution is 5.94. The second kappa shape index (κ2) is 9.77. The molecule has 170 valence electrons. The standard InChI is InChI=1S/C28H28FNO3/c29-24-8-11-27-23(16-24)18-33-28(27)22-6-9-26(10-7-22)32-19-25(31)17-30-14-12-21(13-15-30)20-4-2-1-3-5-20/h1-11,16,18,21,25,31H,12-15,17,19H2/t25-/m1/s1. The van der Waals surface area contributed by atoms with Gasteiger partial charge in [0.15, 0.2) is 0 Å². The van der Waals surface area contributed by atoms with Crippen LogP contribution >= 0.6 is 0 Å². The molecule has 4 nitrogen and oxygen atoms in total. The van der Waals surface area contributed by atoms with E-state index in [2.05, 4.69) is 35.2 Å². The predicted octanol–water partition coefficient (Wildman–Crippen LogP) is 5.86. The summed E-state index contributed by atoms with van der Waals surface area (Å²) in [5.41, 5.74) is 2.31. The van der Waals surface area contributed by atoms with E-state index in [-0.39, 0.29) is 12.4 Å². The van der Waals surface area contributed by atoms with Crippen LogP contribution in [0.4, 0.5) is 4.39 Å². The molecule has 1 saturated heterocycles. The first-order chi connectivity index (χ1) is 16.2. The fourth-order valence-corrected chi connectivity index (χ4v) is 4.67. The number of piperidine rings is 1. The summed E-state index contributed by atoms with van der Waals surface area (Å²) in [7, 11) is 0. The molecule has 0 aliphatic carbocycles. The van der Waals surface area contributed by atoms with Crippen molar-refractivity contribution in [1.82, 2.24) is 4.90 Å². The van der Waals surface area contributed by atoms with Crippen LogP contribution in [0.25, 0.3) is 22.1 Å². The van der Waals surface area contributed by atoms with Crippen molar-refractivity contribution in [1.29, 1.82) is 0 Å². The minimum absolute atomic E-state index is 0.251. The van der Waals surface area contributed by atoms with E-state index in [4.69, 9.17) is 9.15 Å². The van der Waals surface area contributed by atoms with Gasteiger partial charge in [0.2, 0.25) is 0 Å². The van der Waals surface area contributed by atoms with Crippen LogP contribution in [0.15, 0.2) is 83.5 Å². The minimum Gasteiger partial charge on any atom is -0.491 e. The van der Waals surface area contributed by atoms with Crippen molar-refractivity contribution < 1.29 is 18.7 Å². The molecule has 1 aromatic heterocycles. The molecular weight excluding hydrogens is 417 g/mol. The Balaban J connectivity index is 1.11. The number of hydrogen-bond donors (Lipinski definition) is 1. The van der Waals surface area contributed by atoms with E-state index in [1.165, 1.54) is 17.7 Å². The number of benzene rings is 3. The van der Waals surface area contributed by atoms with Gasteiger partial charge in [-0.1, -0.05) is 30.3 Å². The lowest BCUT2D eigenvalue weighted by molar-refractivity contribution is 0.0594. The monoisotopic (exact) mass is 445 g/mol. The molecule has 0 spiro atoms. The molecule has 2 heterocycles. The Bertz CT molecular complexity index is 1180. The number of fused-ring (bicyclic) bond motifs is 1. The number of halogens is 1. The fraction of sp³-hybridized carbons (Fsp3) is 0.286. The molecular formula is C28H28FNO3. The zero-order chi connectivity index (χ0) is 22.6. The molecule has 4 aromatic rings. The van der Waals surface area contributed by atoms with E-state index in [0.29, 0.717) is 24.0 Å². The molecule has 1 aliphatic heterocycles. The normalized spacial score (nSPS) is 16.2. The number of ether oxygens (including phenoxy) is 1. The summed E-state index contributed by atoms with van der Waals surface area (Å²) in [5.74, 6) is 1.73. The molecule has 1 atom stereocenters. The van der Waals surface area contributed by atoms with Gasteiger partial charge in [-0.25, -0.2) is 4.39 Å². The Morgan fingerprint density at radius 3 is 2.52 bits per heavy atom. The topological polar surface area (TPSA) is 45.8 Å². The van der Waals surface area contributed by atoms with E-state index >= 15 is 0 Å². The number of nitrogens with zero attached hydrogens (tertiary/aromatic N) is 1. The number of β-amino-alcohol motifs (C(OH)–C–C–N with tert-alkyl or cyclic N) is 1. The van der Waals surface area contributed by atoms with Crippen molar-refractivity contribution >= 4 is 10.8 Å². The van der Waals surface area contributed by atoms with Crippen molar-refractivity contribution in [3.63, 3.8) is 0 Å². The molecule has 0 radical (unpaired) electrons. The summed E-state index contributed by atoms with van der Waals surface area (Å²) < 4.78 is 24.9. The number of aliphatic hydroxyl groups excluding tert-OH is 1. The van der Waals surface area contributed by atoms with E-state index in [0.717, 1.165) is 42.3 Å². The number of furan rings is 1. The van der Waals surface area contributed by atoms with Crippen LogP contribution in [0.1, 0.15) is 24.3 Å². The number of hydrogen-bond acceptors (Lipinski definition) is 4. The Kier molecular flexibility index (Phi) is 6.42. The third-order valence-electron chi connectivity index (χ3n) is 6.45. The van der Waals surface area contributed by atoms with E-state index in [9.17, 15) is 9.50 Å². The van der Waals surface area contributed by atoms with E-state index in [1.807, 2.05) is 24.3 Å². The zero-order valence-corrected chi connectivity index (χ0v) is 18.5. The van der Waals surface area contributed by atoms with E-state index in [1.54, 1.807) is 12.3 Å². The first-order valence-electron chi connectivity index (χ1n) is 11.5. The zero-order valence-electron chi connectivity index (χ0n) is 18.5. The second-order valence-corrected chi connectivity index (χ2v) is 8.77. The Labute approximate surface area is 193 Å². The summed E-state index contributed by atoms with van der Waals surface area (Å²) in [6, 6.07) is 22.9. The maximum atomic E-state index is 13.4. The number of aliphatic hydroxyl groups is 1. The first-order valence-corrected chi connectivity index (χ1v) is 11.5. The van der Waals surface area contributed by atoms with Crippen LogP contribution < -0.4 is 4.74 Å². The molecule has 0 saturated carbocycles. The third-order valence-corrected chi connectivity index (χ3v) is 6.45. The lowest BCUT2D eigenvalue weighted by Crippen LogP contribution is -2.40. The van der Waals surface area contributed by atoms with Gasteiger partial charge in [-0.3, -0.25) is 0 Å². The molecule has 1 fully saturated rings. The van der Waals surface area contributed by atoms with Crippen molar-refractivity contribution in [3.05, 3.63) is 90.4 Å². The van der Waals surface area contributed by atoms with Crippen molar-refractivity contribution in [3.8, 4) is 17.1 Å². The average Bonchev–Trinajstić information content (AvgIpc) is 3.27. The largest absolute Gasteiger partial charge is 0.491 e. The summed E-state index contributed by atoms with van der Waals surface area (Å²) in [4.78, 5) is 2.32. The lowest BCUT2D eigenvalue weighted by atomic mass is 9.89. The quantitative estimate of drug-likeness (QED) is 0.387. The van der Waals surface area contributed by atoms with Crippen molar-refractivity contribution in [2.75, 3.05) is 26.2 Å².